The maximum atomic E-state index is 8.87. The molecule has 1 unspecified atom stereocenters. The molecule has 1 atom stereocenters. The highest BCUT2D eigenvalue weighted by atomic mass is 16.5. The Bertz CT molecular complexity index is 751. The van der Waals surface area contributed by atoms with E-state index >= 15 is 0 Å². The second-order valence-corrected chi connectivity index (χ2v) is 5.35. The molecule has 0 heterocycles. The Kier molecular flexibility index (Phi) is 3.91. The Morgan fingerprint density at radius 3 is 2.32 bits per heavy atom. The van der Waals surface area contributed by atoms with Crippen molar-refractivity contribution in [2.24, 2.45) is 0 Å². The Balaban J connectivity index is 1.88. The highest BCUT2D eigenvalue weighted by molar-refractivity contribution is 5.76. The van der Waals surface area contributed by atoms with Crippen molar-refractivity contribution in [2.75, 3.05) is 7.11 Å². The predicted molar refractivity (Wildman–Crippen MR) is 88.0 cm³/mol. The zero-order valence-electron chi connectivity index (χ0n) is 12.5. The molecule has 0 amide bonds. The van der Waals surface area contributed by atoms with E-state index in [1.165, 1.54) is 0 Å². The number of methoxy groups -OCH3 is 1. The number of nitrogens with zero attached hydrogens (tertiary/aromatic N) is 1. The van der Waals surface area contributed by atoms with Gasteiger partial charge in [0.05, 0.1) is 11.6 Å². The van der Waals surface area contributed by atoms with Crippen LogP contribution in [0, 0.1) is 11.3 Å². The number of hydrogen-bond acceptors (Lipinski definition) is 2. The standard InChI is InChI=1S/C20H17NO/c1-22-20(19-5-3-2-4-6-19)13-11-18(12-14-20)17-9-7-16(15-21)8-10-17/h2-13H,14H2,1H3. The molecule has 0 fully saturated rings. The van der Waals surface area contributed by atoms with E-state index in [9.17, 15) is 0 Å². The van der Waals surface area contributed by atoms with Crippen LogP contribution in [-0.2, 0) is 10.3 Å². The largest absolute Gasteiger partial charge is 0.369 e. The molecule has 2 aromatic carbocycles. The minimum atomic E-state index is -0.392. The zero-order chi connectivity index (χ0) is 15.4. The summed E-state index contributed by atoms with van der Waals surface area (Å²) < 4.78 is 5.81. The van der Waals surface area contributed by atoms with Crippen LogP contribution in [0.5, 0.6) is 0 Å². The third-order valence-corrected chi connectivity index (χ3v) is 4.13. The van der Waals surface area contributed by atoms with Crippen LogP contribution in [0.4, 0.5) is 0 Å². The molecule has 0 aliphatic heterocycles. The van der Waals surface area contributed by atoms with Crippen LogP contribution in [0.15, 0.2) is 72.8 Å². The van der Waals surface area contributed by atoms with Gasteiger partial charge in [0.15, 0.2) is 0 Å². The lowest BCUT2D eigenvalue weighted by Crippen LogP contribution is -2.26. The van der Waals surface area contributed by atoms with E-state index in [0.717, 1.165) is 23.1 Å². The normalized spacial score (nSPS) is 20.3. The first-order chi connectivity index (χ1) is 10.8. The Hall–Kier alpha value is -2.63. The van der Waals surface area contributed by atoms with Gasteiger partial charge in [-0.2, -0.15) is 5.26 Å². The summed E-state index contributed by atoms with van der Waals surface area (Å²) in [7, 11) is 1.75. The van der Waals surface area contributed by atoms with Crippen molar-refractivity contribution in [3.63, 3.8) is 0 Å². The van der Waals surface area contributed by atoms with E-state index < -0.39 is 5.60 Å². The molecule has 2 nitrogen and oxygen atoms in total. The molecule has 1 aliphatic carbocycles. The predicted octanol–water partition coefficient (Wildman–Crippen LogP) is 4.44. The van der Waals surface area contributed by atoms with Gasteiger partial charge in [-0.1, -0.05) is 54.6 Å². The summed E-state index contributed by atoms with van der Waals surface area (Å²) >= 11 is 0. The van der Waals surface area contributed by atoms with Gasteiger partial charge in [0.1, 0.15) is 5.60 Å². The number of nitriles is 1. The van der Waals surface area contributed by atoms with E-state index in [1.807, 2.05) is 42.5 Å². The van der Waals surface area contributed by atoms with Gasteiger partial charge in [0.25, 0.3) is 0 Å². The average molecular weight is 287 g/mol. The molecule has 0 bridgehead atoms. The van der Waals surface area contributed by atoms with E-state index in [2.05, 4.69) is 36.4 Å². The molecular weight excluding hydrogens is 270 g/mol. The molecule has 0 saturated carbocycles. The molecule has 108 valence electrons. The summed E-state index contributed by atoms with van der Waals surface area (Å²) in [5, 5.41) is 8.87. The fraction of sp³-hybridized carbons (Fsp3) is 0.150. The SMILES string of the molecule is COC1(c2ccccc2)C=CC(c2ccc(C#N)cc2)=CC1. The molecule has 0 radical (unpaired) electrons. The molecule has 22 heavy (non-hydrogen) atoms. The molecule has 0 N–H and O–H groups in total. The van der Waals surface area contributed by atoms with Crippen molar-refractivity contribution in [3.8, 4) is 6.07 Å². The number of ether oxygens (including phenoxy) is 1. The first kappa shape index (κ1) is 14.3. The van der Waals surface area contributed by atoms with Crippen molar-refractivity contribution in [2.45, 2.75) is 12.0 Å². The Morgan fingerprint density at radius 2 is 1.77 bits per heavy atom. The Morgan fingerprint density at radius 1 is 1.05 bits per heavy atom. The maximum absolute atomic E-state index is 8.87. The minimum absolute atomic E-state index is 0.392. The molecule has 3 rings (SSSR count). The molecular formula is C20H17NO. The van der Waals surface area contributed by atoms with Gasteiger partial charge in [-0.3, -0.25) is 0 Å². The smallest absolute Gasteiger partial charge is 0.115 e. The number of rotatable bonds is 3. The molecule has 0 saturated heterocycles. The summed E-state index contributed by atoms with van der Waals surface area (Å²) in [6.45, 7) is 0. The molecule has 0 aromatic heterocycles. The minimum Gasteiger partial charge on any atom is -0.369 e. The van der Waals surface area contributed by atoms with Crippen molar-refractivity contribution in [1.29, 1.82) is 5.26 Å². The van der Waals surface area contributed by atoms with E-state index in [0.29, 0.717) is 5.56 Å². The third-order valence-electron chi connectivity index (χ3n) is 4.13. The second-order valence-electron chi connectivity index (χ2n) is 5.35. The fourth-order valence-corrected chi connectivity index (χ4v) is 2.78. The third kappa shape index (κ3) is 2.59. The topological polar surface area (TPSA) is 33.0 Å². The highest BCUT2D eigenvalue weighted by Crippen LogP contribution is 2.36. The van der Waals surface area contributed by atoms with Crippen LogP contribution in [0.25, 0.3) is 5.57 Å². The quantitative estimate of drug-likeness (QED) is 0.836. The summed E-state index contributed by atoms with van der Waals surface area (Å²) in [5.74, 6) is 0. The van der Waals surface area contributed by atoms with Crippen LogP contribution < -0.4 is 0 Å². The first-order valence-corrected chi connectivity index (χ1v) is 7.28. The number of benzene rings is 2. The van der Waals surface area contributed by atoms with Gasteiger partial charge in [-0.25, -0.2) is 0 Å². The summed E-state index contributed by atoms with van der Waals surface area (Å²) in [5.41, 5.74) is 3.72. The zero-order valence-corrected chi connectivity index (χ0v) is 12.5. The van der Waals surface area contributed by atoms with Gasteiger partial charge in [0, 0.05) is 13.5 Å². The van der Waals surface area contributed by atoms with Gasteiger partial charge in [-0.15, -0.1) is 0 Å². The van der Waals surface area contributed by atoms with Crippen molar-refractivity contribution in [3.05, 3.63) is 89.5 Å². The van der Waals surface area contributed by atoms with Crippen molar-refractivity contribution < 1.29 is 4.74 Å². The van der Waals surface area contributed by atoms with Crippen LogP contribution in [0.2, 0.25) is 0 Å². The van der Waals surface area contributed by atoms with E-state index in [4.69, 9.17) is 10.00 Å². The molecule has 2 aromatic rings. The van der Waals surface area contributed by atoms with Crippen LogP contribution >= 0.6 is 0 Å². The lowest BCUT2D eigenvalue weighted by molar-refractivity contribution is 0.0310. The second kappa shape index (κ2) is 6.01. The van der Waals surface area contributed by atoms with E-state index in [1.54, 1.807) is 7.11 Å². The Labute approximate surface area is 131 Å². The van der Waals surface area contributed by atoms with Crippen molar-refractivity contribution in [1.82, 2.24) is 0 Å². The van der Waals surface area contributed by atoms with Crippen molar-refractivity contribution >= 4 is 5.57 Å². The molecule has 1 aliphatic rings. The van der Waals surface area contributed by atoms with E-state index in [-0.39, 0.29) is 0 Å². The van der Waals surface area contributed by atoms with Gasteiger partial charge < -0.3 is 4.74 Å². The lowest BCUT2D eigenvalue weighted by atomic mass is 9.84. The molecule has 2 heteroatoms. The summed E-state index contributed by atoms with van der Waals surface area (Å²) in [6, 6.07) is 20.1. The van der Waals surface area contributed by atoms with Crippen LogP contribution in [0.3, 0.4) is 0 Å². The maximum Gasteiger partial charge on any atom is 0.115 e. The summed E-state index contributed by atoms with van der Waals surface area (Å²) in [6.07, 6.45) is 7.20. The average Bonchev–Trinajstić information content (AvgIpc) is 2.63. The number of hydrogen-bond donors (Lipinski definition) is 0. The number of allylic oxidation sites excluding steroid dienone is 2. The summed E-state index contributed by atoms with van der Waals surface area (Å²) in [4.78, 5) is 0. The highest BCUT2D eigenvalue weighted by Gasteiger charge is 2.30. The van der Waals surface area contributed by atoms with Gasteiger partial charge in [0.2, 0.25) is 0 Å². The monoisotopic (exact) mass is 287 g/mol. The first-order valence-electron chi connectivity index (χ1n) is 7.28. The molecule has 0 spiro atoms. The van der Waals surface area contributed by atoms with Crippen LogP contribution in [-0.4, -0.2) is 7.11 Å². The van der Waals surface area contributed by atoms with Gasteiger partial charge in [-0.05, 0) is 34.9 Å². The fourth-order valence-electron chi connectivity index (χ4n) is 2.78. The lowest BCUT2D eigenvalue weighted by Gasteiger charge is -2.31. The van der Waals surface area contributed by atoms with Gasteiger partial charge >= 0.3 is 0 Å². The van der Waals surface area contributed by atoms with Crippen LogP contribution in [0.1, 0.15) is 23.1 Å².